The highest BCUT2D eigenvalue weighted by atomic mass is 32.1. The number of thiophene rings is 1. The molecule has 0 saturated carbocycles. The lowest BCUT2D eigenvalue weighted by atomic mass is 10.3. The highest BCUT2D eigenvalue weighted by molar-refractivity contribution is 7.14. The lowest BCUT2D eigenvalue weighted by Gasteiger charge is -1.80. The molecular formula is C9H5NO2S. The van der Waals surface area contributed by atoms with Crippen LogP contribution in [0.1, 0.15) is 20.1 Å². The van der Waals surface area contributed by atoms with Crippen LogP contribution in [0.5, 0.6) is 0 Å². The average molecular weight is 191 g/mol. The molecule has 0 aromatic carbocycles. The maximum atomic E-state index is 10.5. The number of aromatic carboxylic acids is 1. The summed E-state index contributed by atoms with van der Waals surface area (Å²) in [4.78, 5) is 11.4. The van der Waals surface area contributed by atoms with Gasteiger partial charge in [0.15, 0.2) is 6.07 Å². The van der Waals surface area contributed by atoms with Gasteiger partial charge in [0.25, 0.3) is 0 Å². The molecule has 0 atom stereocenters. The van der Waals surface area contributed by atoms with Crippen LogP contribution in [-0.4, -0.2) is 11.1 Å². The summed E-state index contributed by atoms with van der Waals surface area (Å²) in [6, 6.07) is 3.23. The quantitative estimate of drug-likeness (QED) is 0.686. The molecule has 0 aliphatic rings. The smallest absolute Gasteiger partial charge is 0.345 e. The molecular weight excluding hydrogens is 186 g/mol. The van der Waals surface area contributed by atoms with Crippen molar-refractivity contribution >= 4 is 17.3 Å². The van der Waals surface area contributed by atoms with Crippen molar-refractivity contribution in [3.8, 4) is 17.9 Å². The molecule has 0 radical (unpaired) electrons. The van der Waals surface area contributed by atoms with E-state index in [4.69, 9.17) is 10.4 Å². The molecule has 0 bridgehead atoms. The average Bonchev–Trinajstić information content (AvgIpc) is 2.44. The Morgan fingerprint density at radius 2 is 2.38 bits per heavy atom. The Labute approximate surface area is 79.2 Å². The molecule has 0 fully saturated rings. The molecule has 13 heavy (non-hydrogen) atoms. The van der Waals surface area contributed by atoms with Crippen LogP contribution in [0.25, 0.3) is 0 Å². The van der Waals surface area contributed by atoms with Crippen molar-refractivity contribution in [2.45, 2.75) is 6.92 Å². The molecule has 1 rings (SSSR count). The minimum atomic E-state index is -0.960. The first kappa shape index (κ1) is 9.31. The Kier molecular flexibility index (Phi) is 2.69. The Balaban J connectivity index is 3.12. The SMILES string of the molecule is Cc1cc(C(=O)O)sc1C#CC#N. The second-order valence-electron chi connectivity index (χ2n) is 2.29. The third-order valence-corrected chi connectivity index (χ3v) is 2.50. The molecule has 1 aromatic heterocycles. The standard InChI is InChI=1S/C9H5NO2S/c1-6-5-8(9(11)12)13-7(6)3-2-4-10/h5H,1H3,(H,11,12). The molecule has 0 amide bonds. The van der Waals surface area contributed by atoms with Gasteiger partial charge < -0.3 is 5.11 Å². The van der Waals surface area contributed by atoms with Gasteiger partial charge in [-0.05, 0) is 24.5 Å². The van der Waals surface area contributed by atoms with E-state index in [-0.39, 0.29) is 4.88 Å². The van der Waals surface area contributed by atoms with Crippen LogP contribution >= 0.6 is 11.3 Å². The van der Waals surface area contributed by atoms with Gasteiger partial charge in [0, 0.05) is 5.92 Å². The number of carboxylic acid groups (broad SMARTS) is 1. The summed E-state index contributed by atoms with van der Waals surface area (Å²) in [6.45, 7) is 1.77. The van der Waals surface area contributed by atoms with Crippen LogP contribution in [0.15, 0.2) is 6.07 Å². The summed E-state index contributed by atoms with van der Waals surface area (Å²) in [5.74, 6) is 3.85. The van der Waals surface area contributed by atoms with Gasteiger partial charge in [-0.3, -0.25) is 0 Å². The fraction of sp³-hybridized carbons (Fsp3) is 0.111. The van der Waals surface area contributed by atoms with E-state index >= 15 is 0 Å². The summed E-state index contributed by atoms with van der Waals surface area (Å²) in [7, 11) is 0. The van der Waals surface area contributed by atoms with Crippen LogP contribution in [-0.2, 0) is 0 Å². The second kappa shape index (κ2) is 3.75. The zero-order chi connectivity index (χ0) is 9.84. The minimum Gasteiger partial charge on any atom is -0.477 e. The Hall–Kier alpha value is -1.78. The lowest BCUT2D eigenvalue weighted by Crippen LogP contribution is -1.89. The Morgan fingerprint density at radius 1 is 1.69 bits per heavy atom. The first-order chi connectivity index (χ1) is 6.15. The van der Waals surface area contributed by atoms with Crippen molar-refractivity contribution in [1.29, 1.82) is 5.26 Å². The fourth-order valence-corrected chi connectivity index (χ4v) is 1.66. The van der Waals surface area contributed by atoms with Crippen LogP contribution in [0, 0.1) is 30.1 Å². The van der Waals surface area contributed by atoms with Gasteiger partial charge >= 0.3 is 5.97 Å². The maximum Gasteiger partial charge on any atom is 0.345 e. The number of hydrogen-bond acceptors (Lipinski definition) is 3. The van der Waals surface area contributed by atoms with Crippen molar-refractivity contribution in [3.63, 3.8) is 0 Å². The third-order valence-electron chi connectivity index (χ3n) is 1.36. The van der Waals surface area contributed by atoms with Gasteiger partial charge in [-0.25, -0.2) is 4.79 Å². The van der Waals surface area contributed by atoms with E-state index in [1.54, 1.807) is 19.1 Å². The number of aryl methyl sites for hydroxylation is 1. The monoisotopic (exact) mass is 191 g/mol. The van der Waals surface area contributed by atoms with Gasteiger partial charge in [0.1, 0.15) is 4.88 Å². The van der Waals surface area contributed by atoms with E-state index in [1.807, 2.05) is 0 Å². The predicted octanol–water partition coefficient (Wildman–Crippen LogP) is 1.63. The summed E-state index contributed by atoms with van der Waals surface area (Å²) >= 11 is 1.08. The molecule has 64 valence electrons. The summed E-state index contributed by atoms with van der Waals surface area (Å²) in [5.41, 5.74) is 0.796. The molecule has 0 spiro atoms. The van der Waals surface area contributed by atoms with E-state index in [1.165, 1.54) is 0 Å². The third kappa shape index (κ3) is 2.08. The molecule has 0 saturated heterocycles. The van der Waals surface area contributed by atoms with Crippen LogP contribution < -0.4 is 0 Å². The van der Waals surface area contributed by atoms with Crippen molar-refractivity contribution in [3.05, 3.63) is 21.4 Å². The predicted molar refractivity (Wildman–Crippen MR) is 48.5 cm³/mol. The van der Waals surface area contributed by atoms with Crippen LogP contribution in [0.2, 0.25) is 0 Å². The molecule has 0 aliphatic heterocycles. The number of hydrogen-bond donors (Lipinski definition) is 1. The van der Waals surface area contributed by atoms with Gasteiger partial charge in [-0.1, -0.05) is 0 Å². The number of carboxylic acids is 1. The van der Waals surface area contributed by atoms with Crippen LogP contribution in [0.4, 0.5) is 0 Å². The molecule has 0 unspecified atom stereocenters. The molecule has 4 heteroatoms. The molecule has 0 aliphatic carbocycles. The van der Waals surface area contributed by atoms with Gasteiger partial charge in [-0.15, -0.1) is 11.3 Å². The van der Waals surface area contributed by atoms with Gasteiger partial charge in [0.2, 0.25) is 0 Å². The lowest BCUT2D eigenvalue weighted by molar-refractivity contribution is 0.0702. The highest BCUT2D eigenvalue weighted by Crippen LogP contribution is 2.20. The number of nitrogens with zero attached hydrogens (tertiary/aromatic N) is 1. The second-order valence-corrected chi connectivity index (χ2v) is 3.34. The zero-order valence-electron chi connectivity index (χ0n) is 6.79. The summed E-state index contributed by atoms with van der Waals surface area (Å²) < 4.78 is 0. The molecule has 3 nitrogen and oxygen atoms in total. The summed E-state index contributed by atoms with van der Waals surface area (Å²) in [6.07, 6.45) is 0. The number of carbonyl (C=O) groups is 1. The molecule has 1 N–H and O–H groups in total. The first-order valence-corrected chi connectivity index (χ1v) is 4.20. The van der Waals surface area contributed by atoms with Gasteiger partial charge in [0.05, 0.1) is 4.88 Å². The van der Waals surface area contributed by atoms with Crippen LogP contribution in [0.3, 0.4) is 0 Å². The van der Waals surface area contributed by atoms with E-state index in [2.05, 4.69) is 11.8 Å². The maximum absolute atomic E-state index is 10.5. The Bertz CT molecular complexity index is 442. The largest absolute Gasteiger partial charge is 0.477 e. The van der Waals surface area contributed by atoms with Crippen molar-refractivity contribution in [2.24, 2.45) is 0 Å². The van der Waals surface area contributed by atoms with E-state index in [0.29, 0.717) is 4.88 Å². The topological polar surface area (TPSA) is 61.1 Å². The highest BCUT2D eigenvalue weighted by Gasteiger charge is 2.08. The van der Waals surface area contributed by atoms with Crippen molar-refractivity contribution < 1.29 is 9.90 Å². The fourth-order valence-electron chi connectivity index (χ4n) is 0.796. The van der Waals surface area contributed by atoms with E-state index < -0.39 is 5.97 Å². The first-order valence-electron chi connectivity index (χ1n) is 3.39. The minimum absolute atomic E-state index is 0.250. The Morgan fingerprint density at radius 3 is 2.85 bits per heavy atom. The number of nitriles is 1. The normalized spacial score (nSPS) is 8.31. The van der Waals surface area contributed by atoms with Crippen molar-refractivity contribution in [1.82, 2.24) is 0 Å². The van der Waals surface area contributed by atoms with E-state index in [0.717, 1.165) is 16.9 Å². The molecule has 1 aromatic rings. The zero-order valence-corrected chi connectivity index (χ0v) is 7.60. The van der Waals surface area contributed by atoms with Crippen molar-refractivity contribution in [2.75, 3.05) is 0 Å². The number of rotatable bonds is 1. The molecule has 1 heterocycles. The summed E-state index contributed by atoms with van der Waals surface area (Å²) in [5, 5.41) is 16.8. The van der Waals surface area contributed by atoms with Gasteiger partial charge in [-0.2, -0.15) is 5.26 Å². The van der Waals surface area contributed by atoms with E-state index in [9.17, 15) is 4.79 Å².